The molecule has 0 radical (unpaired) electrons. The summed E-state index contributed by atoms with van der Waals surface area (Å²) >= 11 is 12.3. The van der Waals surface area contributed by atoms with Gasteiger partial charge in [0.15, 0.2) is 0 Å². The van der Waals surface area contributed by atoms with Crippen LogP contribution in [-0.2, 0) is 14.3 Å². The molecule has 2 saturated heterocycles. The van der Waals surface area contributed by atoms with Gasteiger partial charge in [-0.2, -0.15) is 13.2 Å². The highest BCUT2D eigenvalue weighted by Gasteiger charge is 2.38. The SMILES string of the molecule is CN1CCC(C2CCN(C(=O)[C@H](OC(=O)Nc3ccc(Cl)cc3)c3ccccc3Cl)CC2)CC1.O=C(O)C(F)(F)F. The van der Waals surface area contributed by atoms with Gasteiger partial charge < -0.3 is 19.6 Å². The molecule has 2 amide bonds. The maximum atomic E-state index is 13.5. The predicted octanol–water partition coefficient (Wildman–Crippen LogP) is 6.50. The van der Waals surface area contributed by atoms with Crippen LogP contribution in [0.3, 0.4) is 0 Å². The summed E-state index contributed by atoms with van der Waals surface area (Å²) < 4.78 is 37.4. The van der Waals surface area contributed by atoms with Crippen molar-refractivity contribution >= 4 is 46.9 Å². The van der Waals surface area contributed by atoms with Gasteiger partial charge in [-0.15, -0.1) is 0 Å². The molecule has 0 unspecified atom stereocenters. The number of aliphatic carboxylic acids is 1. The zero-order valence-electron chi connectivity index (χ0n) is 22.4. The number of hydrogen-bond donors (Lipinski definition) is 2. The van der Waals surface area contributed by atoms with Crippen LogP contribution in [0, 0.1) is 11.8 Å². The van der Waals surface area contributed by atoms with E-state index in [0.717, 1.165) is 31.8 Å². The minimum absolute atomic E-state index is 0.235. The first-order valence-corrected chi connectivity index (χ1v) is 13.9. The number of likely N-dealkylation sites (tertiary alicyclic amines) is 2. The Morgan fingerprint density at radius 2 is 1.44 bits per heavy atom. The van der Waals surface area contributed by atoms with Gasteiger partial charge in [0.25, 0.3) is 5.91 Å². The number of piperidine rings is 2. The summed E-state index contributed by atoms with van der Waals surface area (Å²) in [6.45, 7) is 3.63. The lowest BCUT2D eigenvalue weighted by molar-refractivity contribution is -0.192. The first-order valence-electron chi connectivity index (χ1n) is 13.1. The van der Waals surface area contributed by atoms with E-state index in [1.165, 1.54) is 12.8 Å². The molecular weight excluding hydrogens is 586 g/mol. The maximum absolute atomic E-state index is 13.5. The van der Waals surface area contributed by atoms with E-state index in [1.54, 1.807) is 48.5 Å². The Balaban J connectivity index is 0.000000587. The van der Waals surface area contributed by atoms with Crippen molar-refractivity contribution in [3.05, 3.63) is 64.1 Å². The van der Waals surface area contributed by atoms with E-state index in [0.29, 0.717) is 40.3 Å². The number of ether oxygens (including phenoxy) is 1. The van der Waals surface area contributed by atoms with Gasteiger partial charge in [-0.1, -0.05) is 41.4 Å². The fourth-order valence-corrected chi connectivity index (χ4v) is 5.34. The van der Waals surface area contributed by atoms with E-state index < -0.39 is 24.3 Å². The number of carbonyl (C=O) groups excluding carboxylic acids is 2. The molecule has 224 valence electrons. The molecule has 8 nitrogen and oxygen atoms in total. The minimum atomic E-state index is -5.08. The minimum Gasteiger partial charge on any atom is -0.475 e. The Morgan fingerprint density at radius 1 is 0.927 bits per heavy atom. The maximum Gasteiger partial charge on any atom is 0.490 e. The topological polar surface area (TPSA) is 99.2 Å². The highest BCUT2D eigenvalue weighted by Crippen LogP contribution is 2.34. The monoisotopic (exact) mass is 617 g/mol. The van der Waals surface area contributed by atoms with Crippen molar-refractivity contribution in [2.24, 2.45) is 11.8 Å². The van der Waals surface area contributed by atoms with Crippen LogP contribution in [0.25, 0.3) is 0 Å². The Bertz CT molecular complexity index is 1180. The van der Waals surface area contributed by atoms with Gasteiger partial charge in [0.2, 0.25) is 6.10 Å². The Hall–Kier alpha value is -3.02. The second-order valence-electron chi connectivity index (χ2n) is 10.0. The van der Waals surface area contributed by atoms with E-state index in [1.807, 2.05) is 4.90 Å². The second-order valence-corrected chi connectivity index (χ2v) is 10.9. The summed E-state index contributed by atoms with van der Waals surface area (Å²) in [5.41, 5.74) is 1.01. The van der Waals surface area contributed by atoms with Crippen molar-refractivity contribution in [3.63, 3.8) is 0 Å². The molecule has 0 bridgehead atoms. The molecule has 13 heteroatoms. The highest BCUT2D eigenvalue weighted by molar-refractivity contribution is 6.31. The molecule has 0 saturated carbocycles. The van der Waals surface area contributed by atoms with Crippen molar-refractivity contribution in [3.8, 4) is 0 Å². The molecule has 4 rings (SSSR count). The van der Waals surface area contributed by atoms with Crippen molar-refractivity contribution in [1.29, 1.82) is 0 Å². The first-order chi connectivity index (χ1) is 19.3. The first kappa shape index (κ1) is 32.5. The predicted molar refractivity (Wildman–Crippen MR) is 149 cm³/mol. The number of halogens is 5. The largest absolute Gasteiger partial charge is 0.490 e. The lowest BCUT2D eigenvalue weighted by Crippen LogP contribution is -2.44. The molecule has 0 spiro atoms. The number of carboxylic acid groups (broad SMARTS) is 1. The van der Waals surface area contributed by atoms with Gasteiger partial charge >= 0.3 is 18.2 Å². The number of carboxylic acids is 1. The van der Waals surface area contributed by atoms with Crippen LogP contribution >= 0.6 is 23.2 Å². The number of rotatable bonds is 5. The van der Waals surface area contributed by atoms with Crippen molar-refractivity contribution < 1.29 is 37.4 Å². The number of benzene rings is 2. The van der Waals surface area contributed by atoms with E-state index in [2.05, 4.69) is 17.3 Å². The third-order valence-corrected chi connectivity index (χ3v) is 7.85. The van der Waals surface area contributed by atoms with Gasteiger partial charge in [0, 0.05) is 34.4 Å². The zero-order valence-corrected chi connectivity index (χ0v) is 23.9. The van der Waals surface area contributed by atoms with Gasteiger partial charge in [-0.05, 0) is 88.0 Å². The average Bonchev–Trinajstić information content (AvgIpc) is 2.93. The molecule has 41 heavy (non-hydrogen) atoms. The van der Waals surface area contributed by atoms with Crippen LogP contribution in [-0.4, -0.2) is 72.3 Å². The third-order valence-electron chi connectivity index (χ3n) is 7.25. The van der Waals surface area contributed by atoms with Gasteiger partial charge in [-0.3, -0.25) is 10.1 Å². The molecule has 2 aromatic carbocycles. The summed E-state index contributed by atoms with van der Waals surface area (Å²) in [5.74, 6) is -1.62. The molecule has 0 aromatic heterocycles. The zero-order chi connectivity index (χ0) is 30.2. The summed E-state index contributed by atoms with van der Waals surface area (Å²) in [6, 6.07) is 13.7. The number of hydrogen-bond acceptors (Lipinski definition) is 5. The van der Waals surface area contributed by atoms with E-state index >= 15 is 0 Å². The lowest BCUT2D eigenvalue weighted by atomic mass is 9.79. The summed E-state index contributed by atoms with van der Waals surface area (Å²) in [6.07, 6.45) is -2.50. The number of alkyl halides is 3. The van der Waals surface area contributed by atoms with Crippen LogP contribution in [0.2, 0.25) is 10.0 Å². The fraction of sp³-hybridized carbons (Fsp3) is 0.464. The fourth-order valence-electron chi connectivity index (χ4n) is 4.98. The number of carbonyl (C=O) groups is 3. The molecular formula is C28H32Cl2F3N3O5. The number of nitrogens with one attached hydrogen (secondary N) is 1. The van der Waals surface area contributed by atoms with E-state index in [4.69, 9.17) is 37.8 Å². The van der Waals surface area contributed by atoms with Crippen LogP contribution < -0.4 is 5.32 Å². The molecule has 2 aliphatic heterocycles. The molecule has 2 aliphatic rings. The van der Waals surface area contributed by atoms with Crippen molar-refractivity contribution in [2.45, 2.75) is 38.0 Å². The van der Waals surface area contributed by atoms with Crippen LogP contribution in [0.15, 0.2) is 48.5 Å². The highest BCUT2D eigenvalue weighted by atomic mass is 35.5. The number of anilines is 1. The molecule has 2 fully saturated rings. The van der Waals surface area contributed by atoms with Crippen LogP contribution in [0.4, 0.5) is 23.7 Å². The van der Waals surface area contributed by atoms with Crippen LogP contribution in [0.5, 0.6) is 0 Å². The van der Waals surface area contributed by atoms with E-state index in [-0.39, 0.29) is 5.91 Å². The molecule has 1 atom stereocenters. The lowest BCUT2D eigenvalue weighted by Gasteiger charge is -2.40. The van der Waals surface area contributed by atoms with Gasteiger partial charge in [0.1, 0.15) is 0 Å². The Kier molecular flexibility index (Phi) is 11.7. The summed E-state index contributed by atoms with van der Waals surface area (Å²) in [5, 5.41) is 10.7. The normalized spacial score (nSPS) is 17.7. The smallest absolute Gasteiger partial charge is 0.475 e. The van der Waals surface area contributed by atoms with Crippen LogP contribution in [0.1, 0.15) is 37.4 Å². The van der Waals surface area contributed by atoms with Gasteiger partial charge in [0.05, 0.1) is 0 Å². The quantitative estimate of drug-likeness (QED) is 0.397. The average molecular weight is 618 g/mol. The molecule has 2 N–H and O–H groups in total. The molecule has 0 aliphatic carbocycles. The van der Waals surface area contributed by atoms with Crippen molar-refractivity contribution in [2.75, 3.05) is 38.5 Å². The van der Waals surface area contributed by atoms with Crippen molar-refractivity contribution in [1.82, 2.24) is 9.80 Å². The Labute approximate surface area is 246 Å². The summed E-state index contributed by atoms with van der Waals surface area (Å²) in [4.78, 5) is 39.3. The molecule has 2 heterocycles. The number of amides is 2. The number of nitrogens with zero attached hydrogens (tertiary/aromatic N) is 2. The van der Waals surface area contributed by atoms with Gasteiger partial charge in [-0.25, -0.2) is 9.59 Å². The molecule has 2 aromatic rings. The second kappa shape index (κ2) is 14.7. The third kappa shape index (κ3) is 9.79. The van der Waals surface area contributed by atoms with E-state index in [9.17, 15) is 22.8 Å². The summed E-state index contributed by atoms with van der Waals surface area (Å²) in [7, 11) is 2.18. The Morgan fingerprint density at radius 3 is 1.95 bits per heavy atom. The standard InChI is InChI=1S/C26H31Cl2N3O3.C2HF3O2/c1-30-14-10-18(11-15-30)19-12-16-31(17-13-19)25(32)24(22-4-2-3-5-23(22)28)34-26(33)29-21-8-6-20(27)7-9-21;3-2(4,5)1(6)7/h2-9,18-19,24H,10-17H2,1H3,(H,29,33);(H,6,7)/t24-;/m1./s1.